The zero-order valence-electron chi connectivity index (χ0n) is 24.4. The summed E-state index contributed by atoms with van der Waals surface area (Å²) in [5, 5.41) is 9.76. The number of aryl methyl sites for hydroxylation is 1. The van der Waals surface area contributed by atoms with Crippen LogP contribution in [-0.2, 0) is 14.3 Å². The normalized spacial score (nSPS) is 24.9. The van der Waals surface area contributed by atoms with Crippen LogP contribution in [0, 0.1) is 12.8 Å². The third-order valence-electron chi connectivity index (χ3n) is 8.30. The summed E-state index contributed by atoms with van der Waals surface area (Å²) in [5.74, 6) is 1.08. The highest BCUT2D eigenvalue weighted by atomic mass is 32.2. The Morgan fingerprint density at radius 1 is 1.14 bits per heavy atom. The van der Waals surface area contributed by atoms with E-state index in [-0.39, 0.29) is 41.2 Å². The molecule has 0 spiro atoms. The molecular formula is C32H37N5O5S. The Kier molecular flexibility index (Phi) is 8.62. The number of carbonyl (C=O) groups excluding carboxylic acids is 3. The number of thioether (sulfide) groups is 1. The van der Waals surface area contributed by atoms with Crippen molar-refractivity contribution in [1.82, 2.24) is 20.9 Å². The zero-order chi connectivity index (χ0) is 29.9. The van der Waals surface area contributed by atoms with Crippen molar-refractivity contribution < 1.29 is 23.9 Å². The van der Waals surface area contributed by atoms with Gasteiger partial charge in [0.1, 0.15) is 11.5 Å². The van der Waals surface area contributed by atoms with E-state index in [1.165, 1.54) is 24.1 Å². The molecule has 3 unspecified atom stereocenters. The molecule has 4 amide bonds. The van der Waals surface area contributed by atoms with Crippen LogP contribution in [0.25, 0.3) is 0 Å². The second-order valence-electron chi connectivity index (χ2n) is 11.1. The first-order valence-corrected chi connectivity index (χ1v) is 15.8. The van der Waals surface area contributed by atoms with Gasteiger partial charge in [-0.3, -0.25) is 14.5 Å². The standard InChI is InChI=1S/C32H37N5O5S/c1-3-41-17-14-26(38)36-16-7-8-21(19-36)34-30(39)29-28-27-25(13-15-33-31(27)43-29)37(32(40)35-28)24-12-11-23(18-20(24)2)42-22-9-5-4-6-10-22/h4-6,9-12,14,17-18,21,25,27,31,33H,3,7-8,13,15-16,19H2,1-2H3,(H,34,39)(H,35,40)/b17-14+/t21-,25?,27?,31?/m1/s1. The lowest BCUT2D eigenvalue weighted by molar-refractivity contribution is -0.128. The average Bonchev–Trinajstić information content (AvgIpc) is 3.38. The number of hydrogen-bond acceptors (Lipinski definition) is 7. The van der Waals surface area contributed by atoms with Crippen molar-refractivity contribution in [2.45, 2.75) is 50.6 Å². The van der Waals surface area contributed by atoms with Crippen LogP contribution in [0.3, 0.4) is 0 Å². The number of nitrogens with one attached hydrogen (secondary N) is 3. The largest absolute Gasteiger partial charge is 0.501 e. The molecule has 226 valence electrons. The number of carbonyl (C=O) groups is 3. The molecule has 0 radical (unpaired) electrons. The van der Waals surface area contributed by atoms with Gasteiger partial charge < -0.3 is 30.3 Å². The lowest BCUT2D eigenvalue weighted by atomic mass is 9.86. The number of para-hydroxylation sites is 1. The van der Waals surface area contributed by atoms with Crippen LogP contribution in [0.15, 0.2) is 71.5 Å². The van der Waals surface area contributed by atoms with Crippen molar-refractivity contribution in [3.8, 4) is 11.5 Å². The summed E-state index contributed by atoms with van der Waals surface area (Å²) in [4.78, 5) is 44.0. The lowest BCUT2D eigenvalue weighted by Gasteiger charge is -2.46. The summed E-state index contributed by atoms with van der Waals surface area (Å²) in [7, 11) is 0. The number of hydrogen-bond donors (Lipinski definition) is 3. The Hall–Kier alpha value is -3.96. The van der Waals surface area contributed by atoms with Crippen LogP contribution in [0.5, 0.6) is 11.5 Å². The number of benzene rings is 2. The minimum absolute atomic E-state index is 0.0215. The molecule has 43 heavy (non-hydrogen) atoms. The van der Waals surface area contributed by atoms with Crippen LogP contribution in [-0.4, -0.2) is 66.4 Å². The predicted molar refractivity (Wildman–Crippen MR) is 166 cm³/mol. The second kappa shape index (κ2) is 12.7. The predicted octanol–water partition coefficient (Wildman–Crippen LogP) is 4.24. The Balaban J connectivity index is 1.17. The first-order valence-electron chi connectivity index (χ1n) is 14.9. The SMILES string of the molecule is CCO/C=C/C(=O)N1CCC[C@@H](NC(=O)C2=C3NC(=O)N(c4ccc(Oc5ccccc5)cc4C)C4CCNC(S2)C34)C1. The number of ether oxygens (including phenoxy) is 2. The van der Waals surface area contributed by atoms with E-state index in [0.717, 1.165) is 42.8 Å². The Labute approximate surface area is 255 Å². The van der Waals surface area contributed by atoms with Gasteiger partial charge in [0.2, 0.25) is 5.91 Å². The van der Waals surface area contributed by atoms with Crippen molar-refractivity contribution in [1.29, 1.82) is 0 Å². The molecule has 0 bridgehead atoms. The molecule has 4 atom stereocenters. The summed E-state index contributed by atoms with van der Waals surface area (Å²) >= 11 is 1.48. The van der Waals surface area contributed by atoms with Gasteiger partial charge in [-0.1, -0.05) is 30.0 Å². The zero-order valence-corrected chi connectivity index (χ0v) is 25.2. The quantitative estimate of drug-likeness (QED) is 0.306. The number of amides is 4. The van der Waals surface area contributed by atoms with Gasteiger partial charge in [0.15, 0.2) is 0 Å². The summed E-state index contributed by atoms with van der Waals surface area (Å²) in [6.07, 6.45) is 5.20. The average molecular weight is 604 g/mol. The van der Waals surface area contributed by atoms with Gasteiger partial charge in [-0.2, -0.15) is 0 Å². The van der Waals surface area contributed by atoms with Gasteiger partial charge in [-0.25, -0.2) is 4.79 Å². The van der Waals surface area contributed by atoms with E-state index in [0.29, 0.717) is 36.0 Å². The number of likely N-dealkylation sites (tertiary alicyclic amines) is 1. The molecule has 0 aromatic heterocycles. The summed E-state index contributed by atoms with van der Waals surface area (Å²) < 4.78 is 11.2. The fourth-order valence-corrected chi connectivity index (χ4v) is 7.74. The van der Waals surface area contributed by atoms with Crippen molar-refractivity contribution in [2.24, 2.45) is 5.92 Å². The van der Waals surface area contributed by atoms with E-state index < -0.39 is 0 Å². The van der Waals surface area contributed by atoms with Crippen LogP contribution < -0.4 is 25.6 Å². The third-order valence-corrected chi connectivity index (χ3v) is 9.65. The fraction of sp³-hybridized carbons (Fsp3) is 0.406. The molecule has 3 N–H and O–H groups in total. The highest BCUT2D eigenvalue weighted by Crippen LogP contribution is 2.48. The minimum atomic E-state index is -0.236. The van der Waals surface area contributed by atoms with Crippen molar-refractivity contribution in [3.63, 3.8) is 0 Å². The van der Waals surface area contributed by atoms with E-state index >= 15 is 0 Å². The Morgan fingerprint density at radius 3 is 2.77 bits per heavy atom. The van der Waals surface area contributed by atoms with E-state index in [1.807, 2.05) is 67.3 Å². The van der Waals surface area contributed by atoms with E-state index in [1.54, 1.807) is 4.90 Å². The van der Waals surface area contributed by atoms with Crippen LogP contribution >= 0.6 is 11.8 Å². The molecule has 4 aliphatic heterocycles. The van der Waals surface area contributed by atoms with Crippen LogP contribution in [0.2, 0.25) is 0 Å². The Morgan fingerprint density at radius 2 is 1.98 bits per heavy atom. The maximum absolute atomic E-state index is 13.7. The molecule has 0 aliphatic carbocycles. The molecule has 3 saturated heterocycles. The van der Waals surface area contributed by atoms with Gasteiger partial charge in [-0.15, -0.1) is 0 Å². The topological polar surface area (TPSA) is 112 Å². The van der Waals surface area contributed by atoms with Gasteiger partial charge in [0.05, 0.1) is 29.2 Å². The van der Waals surface area contributed by atoms with Gasteiger partial charge in [-0.05, 0) is 75.5 Å². The van der Waals surface area contributed by atoms with Gasteiger partial charge in [0, 0.05) is 42.5 Å². The van der Waals surface area contributed by atoms with E-state index in [4.69, 9.17) is 9.47 Å². The summed E-state index contributed by atoms with van der Waals surface area (Å²) in [5.41, 5.74) is 2.45. The molecule has 0 saturated carbocycles. The summed E-state index contributed by atoms with van der Waals surface area (Å²) in [6, 6.07) is 14.9. The monoisotopic (exact) mass is 603 g/mol. The maximum Gasteiger partial charge on any atom is 0.326 e. The number of rotatable bonds is 8. The number of nitrogens with zero attached hydrogens (tertiary/aromatic N) is 2. The number of anilines is 1. The first kappa shape index (κ1) is 29.1. The van der Waals surface area contributed by atoms with Crippen LogP contribution in [0.1, 0.15) is 31.7 Å². The van der Waals surface area contributed by atoms with Crippen molar-refractivity contribution >= 4 is 35.3 Å². The molecule has 3 fully saturated rings. The van der Waals surface area contributed by atoms with E-state index in [9.17, 15) is 14.4 Å². The lowest BCUT2D eigenvalue weighted by Crippen LogP contribution is -2.62. The van der Waals surface area contributed by atoms with Gasteiger partial charge >= 0.3 is 6.03 Å². The molecule has 2 aromatic rings. The van der Waals surface area contributed by atoms with Crippen molar-refractivity contribution in [3.05, 3.63) is 77.0 Å². The third kappa shape index (κ3) is 6.09. The minimum Gasteiger partial charge on any atom is -0.501 e. The van der Waals surface area contributed by atoms with E-state index in [2.05, 4.69) is 16.0 Å². The molecule has 6 rings (SSSR count). The molecule has 11 heteroatoms. The molecule has 10 nitrogen and oxygen atoms in total. The molecule has 2 aromatic carbocycles. The molecule has 4 aliphatic rings. The van der Waals surface area contributed by atoms with Crippen LogP contribution in [0.4, 0.5) is 10.5 Å². The first-order chi connectivity index (χ1) is 20.9. The molecular weight excluding hydrogens is 566 g/mol. The molecule has 4 heterocycles. The highest BCUT2D eigenvalue weighted by Gasteiger charge is 2.52. The fourth-order valence-electron chi connectivity index (χ4n) is 6.34. The van der Waals surface area contributed by atoms with Crippen molar-refractivity contribution in [2.75, 3.05) is 31.1 Å². The highest BCUT2D eigenvalue weighted by molar-refractivity contribution is 8.04. The summed E-state index contributed by atoms with van der Waals surface area (Å²) in [6.45, 7) is 6.17. The van der Waals surface area contributed by atoms with Gasteiger partial charge in [0.25, 0.3) is 5.91 Å². The Bertz CT molecular complexity index is 1450. The maximum atomic E-state index is 13.7. The number of piperidine rings is 2. The smallest absolute Gasteiger partial charge is 0.326 e. The second-order valence-corrected chi connectivity index (χ2v) is 12.3. The number of urea groups is 1.